The second-order valence-electron chi connectivity index (χ2n) is 5.30. The number of fused-ring (bicyclic) bond motifs is 1. The third-order valence-electron chi connectivity index (χ3n) is 3.86. The maximum absolute atomic E-state index is 5.94. The second kappa shape index (κ2) is 5.77. The zero-order chi connectivity index (χ0) is 13.9. The van der Waals surface area contributed by atoms with E-state index in [9.17, 15) is 0 Å². The molecule has 1 aliphatic heterocycles. The van der Waals surface area contributed by atoms with Crippen molar-refractivity contribution in [3.63, 3.8) is 0 Å². The molecule has 1 aliphatic rings. The van der Waals surface area contributed by atoms with Gasteiger partial charge in [-0.2, -0.15) is 5.10 Å². The van der Waals surface area contributed by atoms with Crippen LogP contribution in [0.2, 0.25) is 0 Å². The SMILES string of the molecule is CNCc1cn(CC2OCCc3ccccc32)nc1C. The molecule has 1 aromatic heterocycles. The maximum Gasteiger partial charge on any atom is 0.102 e. The van der Waals surface area contributed by atoms with Gasteiger partial charge < -0.3 is 10.1 Å². The number of rotatable bonds is 4. The van der Waals surface area contributed by atoms with Crippen molar-refractivity contribution in [2.24, 2.45) is 0 Å². The summed E-state index contributed by atoms with van der Waals surface area (Å²) >= 11 is 0. The van der Waals surface area contributed by atoms with Crippen LogP contribution in [0.3, 0.4) is 0 Å². The van der Waals surface area contributed by atoms with E-state index >= 15 is 0 Å². The van der Waals surface area contributed by atoms with E-state index in [4.69, 9.17) is 4.74 Å². The van der Waals surface area contributed by atoms with Crippen LogP contribution in [-0.2, 0) is 24.2 Å². The molecule has 0 bridgehead atoms. The summed E-state index contributed by atoms with van der Waals surface area (Å²) in [4.78, 5) is 0. The highest BCUT2D eigenvalue weighted by atomic mass is 16.5. The fourth-order valence-electron chi connectivity index (χ4n) is 2.81. The van der Waals surface area contributed by atoms with E-state index in [-0.39, 0.29) is 6.10 Å². The summed E-state index contributed by atoms with van der Waals surface area (Å²) < 4.78 is 7.95. The third-order valence-corrected chi connectivity index (χ3v) is 3.86. The number of benzene rings is 1. The molecular formula is C16H21N3O. The molecule has 1 N–H and O–H groups in total. The minimum Gasteiger partial charge on any atom is -0.371 e. The zero-order valence-electron chi connectivity index (χ0n) is 12.1. The lowest BCUT2D eigenvalue weighted by atomic mass is 9.98. The average molecular weight is 271 g/mol. The van der Waals surface area contributed by atoms with Gasteiger partial charge in [0.2, 0.25) is 0 Å². The van der Waals surface area contributed by atoms with E-state index in [0.717, 1.165) is 31.8 Å². The highest BCUT2D eigenvalue weighted by Crippen LogP contribution is 2.28. The summed E-state index contributed by atoms with van der Waals surface area (Å²) in [5.74, 6) is 0. The first-order chi connectivity index (χ1) is 9.78. The predicted octanol–water partition coefficient (Wildman–Crippen LogP) is 2.22. The van der Waals surface area contributed by atoms with E-state index in [1.165, 1.54) is 16.7 Å². The first kappa shape index (κ1) is 13.3. The molecular weight excluding hydrogens is 250 g/mol. The van der Waals surface area contributed by atoms with Crippen LogP contribution < -0.4 is 5.32 Å². The van der Waals surface area contributed by atoms with Crippen molar-refractivity contribution >= 4 is 0 Å². The Morgan fingerprint density at radius 1 is 1.40 bits per heavy atom. The van der Waals surface area contributed by atoms with Gasteiger partial charge in [-0.05, 0) is 31.5 Å². The Kier molecular flexibility index (Phi) is 3.85. The molecule has 0 spiro atoms. The van der Waals surface area contributed by atoms with Crippen LogP contribution in [0, 0.1) is 6.92 Å². The number of nitrogens with one attached hydrogen (secondary N) is 1. The molecule has 0 fully saturated rings. The molecule has 0 aliphatic carbocycles. The Morgan fingerprint density at radius 3 is 3.10 bits per heavy atom. The van der Waals surface area contributed by atoms with E-state index in [0.29, 0.717) is 0 Å². The Labute approximate surface area is 119 Å². The Hall–Kier alpha value is -1.65. The Balaban J connectivity index is 1.80. The van der Waals surface area contributed by atoms with Crippen LogP contribution in [0.4, 0.5) is 0 Å². The van der Waals surface area contributed by atoms with E-state index in [2.05, 4.69) is 47.8 Å². The summed E-state index contributed by atoms with van der Waals surface area (Å²) in [6.45, 7) is 4.49. The van der Waals surface area contributed by atoms with E-state index < -0.39 is 0 Å². The first-order valence-electron chi connectivity index (χ1n) is 7.15. The van der Waals surface area contributed by atoms with Crippen molar-refractivity contribution in [2.45, 2.75) is 32.5 Å². The highest BCUT2D eigenvalue weighted by Gasteiger charge is 2.21. The normalized spacial score (nSPS) is 18.0. The van der Waals surface area contributed by atoms with Crippen molar-refractivity contribution in [2.75, 3.05) is 13.7 Å². The molecule has 106 valence electrons. The number of hydrogen-bond acceptors (Lipinski definition) is 3. The molecule has 4 nitrogen and oxygen atoms in total. The number of aryl methyl sites for hydroxylation is 1. The molecule has 0 saturated heterocycles. The van der Waals surface area contributed by atoms with Gasteiger partial charge >= 0.3 is 0 Å². The summed E-state index contributed by atoms with van der Waals surface area (Å²) in [7, 11) is 1.96. The molecule has 4 heteroatoms. The van der Waals surface area contributed by atoms with E-state index in [1.54, 1.807) is 0 Å². The molecule has 0 radical (unpaired) electrons. The average Bonchev–Trinajstić information content (AvgIpc) is 2.80. The number of hydrogen-bond donors (Lipinski definition) is 1. The largest absolute Gasteiger partial charge is 0.371 e. The molecule has 1 unspecified atom stereocenters. The predicted molar refractivity (Wildman–Crippen MR) is 78.6 cm³/mol. The minimum absolute atomic E-state index is 0.113. The summed E-state index contributed by atoms with van der Waals surface area (Å²) in [6, 6.07) is 8.56. The van der Waals surface area contributed by atoms with Gasteiger partial charge in [-0.1, -0.05) is 24.3 Å². The molecule has 1 aromatic carbocycles. The highest BCUT2D eigenvalue weighted by molar-refractivity contribution is 5.30. The smallest absolute Gasteiger partial charge is 0.102 e. The van der Waals surface area contributed by atoms with Crippen LogP contribution >= 0.6 is 0 Å². The van der Waals surface area contributed by atoms with Gasteiger partial charge in [0, 0.05) is 18.3 Å². The second-order valence-corrected chi connectivity index (χ2v) is 5.30. The summed E-state index contributed by atoms with van der Waals surface area (Å²) in [6.07, 6.45) is 3.24. The molecule has 3 rings (SSSR count). The molecule has 2 heterocycles. The van der Waals surface area contributed by atoms with Crippen molar-refractivity contribution < 1.29 is 4.74 Å². The van der Waals surface area contributed by atoms with Gasteiger partial charge in [0.1, 0.15) is 6.10 Å². The quantitative estimate of drug-likeness (QED) is 0.927. The number of aromatic nitrogens is 2. The first-order valence-corrected chi connectivity index (χ1v) is 7.15. The van der Waals surface area contributed by atoms with Crippen molar-refractivity contribution in [3.05, 3.63) is 52.8 Å². The van der Waals surface area contributed by atoms with E-state index in [1.807, 2.05) is 11.7 Å². The van der Waals surface area contributed by atoms with Gasteiger partial charge in [-0.3, -0.25) is 4.68 Å². The van der Waals surface area contributed by atoms with Crippen LogP contribution in [0.15, 0.2) is 30.5 Å². The third kappa shape index (κ3) is 2.62. The van der Waals surface area contributed by atoms with Gasteiger partial charge in [0.05, 0.1) is 18.8 Å². The molecule has 0 saturated carbocycles. The van der Waals surface area contributed by atoms with Crippen LogP contribution in [0.5, 0.6) is 0 Å². The van der Waals surface area contributed by atoms with Crippen molar-refractivity contribution in [1.29, 1.82) is 0 Å². The number of nitrogens with zero attached hydrogens (tertiary/aromatic N) is 2. The summed E-state index contributed by atoms with van der Waals surface area (Å²) in [5.41, 5.74) is 5.05. The zero-order valence-corrected chi connectivity index (χ0v) is 12.1. The Bertz CT molecular complexity index is 591. The number of ether oxygens (including phenoxy) is 1. The van der Waals surface area contributed by atoms with Crippen LogP contribution in [0.1, 0.15) is 28.5 Å². The standard InChI is InChI=1S/C16H21N3O/c1-12-14(9-17-2)10-19(18-12)11-16-15-6-4-3-5-13(15)7-8-20-16/h3-6,10,16-17H,7-9,11H2,1-2H3. The molecule has 0 amide bonds. The van der Waals surface area contributed by atoms with Crippen molar-refractivity contribution in [1.82, 2.24) is 15.1 Å². The molecule has 20 heavy (non-hydrogen) atoms. The van der Waals surface area contributed by atoms with Gasteiger partial charge in [0.25, 0.3) is 0 Å². The fourth-order valence-corrected chi connectivity index (χ4v) is 2.81. The lowest BCUT2D eigenvalue weighted by Crippen LogP contribution is -2.20. The maximum atomic E-state index is 5.94. The molecule has 2 aromatic rings. The van der Waals surface area contributed by atoms with Gasteiger partial charge in [-0.15, -0.1) is 0 Å². The van der Waals surface area contributed by atoms with Crippen LogP contribution in [0.25, 0.3) is 0 Å². The lowest BCUT2D eigenvalue weighted by molar-refractivity contribution is 0.0282. The van der Waals surface area contributed by atoms with Crippen LogP contribution in [-0.4, -0.2) is 23.4 Å². The van der Waals surface area contributed by atoms with Crippen molar-refractivity contribution in [3.8, 4) is 0 Å². The Morgan fingerprint density at radius 2 is 2.25 bits per heavy atom. The topological polar surface area (TPSA) is 39.1 Å². The fraction of sp³-hybridized carbons (Fsp3) is 0.438. The van der Waals surface area contributed by atoms with Gasteiger partial charge in [-0.25, -0.2) is 0 Å². The minimum atomic E-state index is 0.113. The monoisotopic (exact) mass is 271 g/mol. The molecule has 1 atom stereocenters. The summed E-state index contributed by atoms with van der Waals surface area (Å²) in [5, 5.41) is 7.77. The van der Waals surface area contributed by atoms with Gasteiger partial charge in [0.15, 0.2) is 0 Å². The lowest BCUT2D eigenvalue weighted by Gasteiger charge is -2.25.